The molecule has 0 unspecified atom stereocenters. The van der Waals surface area contributed by atoms with E-state index < -0.39 is 0 Å². The highest BCUT2D eigenvalue weighted by Crippen LogP contribution is 2.18. The van der Waals surface area contributed by atoms with Crippen molar-refractivity contribution in [2.45, 2.75) is 46.0 Å². The number of hydrogen-bond acceptors (Lipinski definition) is 2. The van der Waals surface area contributed by atoms with Crippen LogP contribution in [0.3, 0.4) is 0 Å². The number of rotatable bonds is 8. The van der Waals surface area contributed by atoms with Gasteiger partial charge in [0, 0.05) is 6.54 Å². The fraction of sp³-hybridized carbons (Fsp3) is 0.562. The quantitative estimate of drug-likeness (QED) is 0.729. The van der Waals surface area contributed by atoms with E-state index in [1.54, 1.807) is 0 Å². The Hall–Kier alpha value is -1.51. The molecule has 3 heteroatoms. The van der Waals surface area contributed by atoms with Gasteiger partial charge in [0.1, 0.15) is 5.75 Å². The molecule has 1 aromatic carbocycles. The molecular weight excluding hydrogens is 238 g/mol. The van der Waals surface area contributed by atoms with Gasteiger partial charge in [-0.3, -0.25) is 4.79 Å². The third-order valence-corrected chi connectivity index (χ3v) is 3.02. The lowest BCUT2D eigenvalue weighted by Gasteiger charge is -2.09. The molecule has 0 radical (unpaired) electrons. The van der Waals surface area contributed by atoms with Gasteiger partial charge < -0.3 is 10.1 Å². The molecule has 0 heterocycles. The van der Waals surface area contributed by atoms with E-state index in [9.17, 15) is 4.79 Å². The van der Waals surface area contributed by atoms with E-state index in [1.807, 2.05) is 24.3 Å². The minimum atomic E-state index is -0.0518. The topological polar surface area (TPSA) is 38.3 Å². The third kappa shape index (κ3) is 6.27. The predicted octanol–water partition coefficient (Wildman–Crippen LogP) is 3.50. The molecule has 0 aliphatic heterocycles. The largest absolute Gasteiger partial charge is 0.484 e. The van der Waals surface area contributed by atoms with Crippen LogP contribution in [0.25, 0.3) is 0 Å². The lowest BCUT2D eigenvalue weighted by Crippen LogP contribution is -2.29. The Morgan fingerprint density at radius 2 is 1.89 bits per heavy atom. The molecule has 0 bridgehead atoms. The zero-order valence-electron chi connectivity index (χ0n) is 12.2. The van der Waals surface area contributed by atoms with Crippen molar-refractivity contribution >= 4 is 5.91 Å². The van der Waals surface area contributed by atoms with Crippen molar-refractivity contribution in [2.75, 3.05) is 13.2 Å². The summed E-state index contributed by atoms with van der Waals surface area (Å²) in [6.45, 7) is 7.28. The lowest BCUT2D eigenvalue weighted by atomic mass is 10.0. The maximum absolute atomic E-state index is 11.5. The summed E-state index contributed by atoms with van der Waals surface area (Å²) in [5.74, 6) is 1.20. The van der Waals surface area contributed by atoms with E-state index in [2.05, 4.69) is 26.1 Å². The summed E-state index contributed by atoms with van der Waals surface area (Å²) in [4.78, 5) is 11.5. The van der Waals surface area contributed by atoms with Crippen LogP contribution in [-0.2, 0) is 4.79 Å². The second-order valence-electron chi connectivity index (χ2n) is 5.07. The van der Waals surface area contributed by atoms with Crippen LogP contribution in [0.2, 0.25) is 0 Å². The predicted molar refractivity (Wildman–Crippen MR) is 78.6 cm³/mol. The zero-order valence-corrected chi connectivity index (χ0v) is 12.2. The summed E-state index contributed by atoms with van der Waals surface area (Å²) in [7, 11) is 0. The summed E-state index contributed by atoms with van der Waals surface area (Å²) in [6.07, 6.45) is 3.34. The Morgan fingerprint density at radius 3 is 2.47 bits per heavy atom. The smallest absolute Gasteiger partial charge is 0.257 e. The average Bonchev–Trinajstić information content (AvgIpc) is 2.42. The molecule has 0 aliphatic rings. The van der Waals surface area contributed by atoms with Gasteiger partial charge in [0.05, 0.1) is 0 Å². The van der Waals surface area contributed by atoms with E-state index in [-0.39, 0.29) is 12.5 Å². The van der Waals surface area contributed by atoms with Crippen LogP contribution in [0.15, 0.2) is 24.3 Å². The molecule has 1 amide bonds. The number of amides is 1. The summed E-state index contributed by atoms with van der Waals surface area (Å²) in [5, 5.41) is 2.85. The van der Waals surface area contributed by atoms with Gasteiger partial charge in [-0.2, -0.15) is 0 Å². The number of carbonyl (C=O) groups is 1. The first-order valence-electron chi connectivity index (χ1n) is 7.13. The van der Waals surface area contributed by atoms with Crippen LogP contribution < -0.4 is 10.1 Å². The van der Waals surface area contributed by atoms with Crippen LogP contribution in [0.5, 0.6) is 5.75 Å². The van der Waals surface area contributed by atoms with E-state index in [4.69, 9.17) is 4.74 Å². The molecule has 0 saturated carbocycles. The molecule has 0 atom stereocenters. The molecule has 3 nitrogen and oxygen atoms in total. The second kappa shape index (κ2) is 8.57. The third-order valence-electron chi connectivity index (χ3n) is 3.02. The van der Waals surface area contributed by atoms with Crippen molar-refractivity contribution in [1.29, 1.82) is 0 Å². The Kier molecular flexibility index (Phi) is 7.01. The van der Waals surface area contributed by atoms with Crippen molar-refractivity contribution in [3.63, 3.8) is 0 Å². The Bertz CT molecular complexity index is 371. The van der Waals surface area contributed by atoms with Crippen molar-refractivity contribution < 1.29 is 9.53 Å². The van der Waals surface area contributed by atoms with E-state index in [0.29, 0.717) is 5.92 Å². The Labute approximate surface area is 116 Å². The van der Waals surface area contributed by atoms with Crippen LogP contribution in [0.4, 0.5) is 0 Å². The minimum Gasteiger partial charge on any atom is -0.484 e. The summed E-state index contributed by atoms with van der Waals surface area (Å²) < 4.78 is 5.45. The highest BCUT2D eigenvalue weighted by Gasteiger charge is 2.03. The Morgan fingerprint density at radius 1 is 1.21 bits per heavy atom. The maximum Gasteiger partial charge on any atom is 0.257 e. The van der Waals surface area contributed by atoms with E-state index >= 15 is 0 Å². The van der Waals surface area contributed by atoms with Gasteiger partial charge in [-0.05, 0) is 30.0 Å². The van der Waals surface area contributed by atoms with Gasteiger partial charge in [-0.15, -0.1) is 0 Å². The minimum absolute atomic E-state index is 0.0518. The number of carbonyl (C=O) groups excluding carboxylic acids is 1. The van der Waals surface area contributed by atoms with Crippen molar-refractivity contribution in [1.82, 2.24) is 5.32 Å². The SMILES string of the molecule is CCCCCNC(=O)COc1ccc(C(C)C)cc1. The first-order valence-corrected chi connectivity index (χ1v) is 7.13. The summed E-state index contributed by atoms with van der Waals surface area (Å²) in [5.41, 5.74) is 1.27. The van der Waals surface area contributed by atoms with Gasteiger partial charge in [-0.25, -0.2) is 0 Å². The van der Waals surface area contributed by atoms with Crippen LogP contribution >= 0.6 is 0 Å². The zero-order chi connectivity index (χ0) is 14.1. The molecule has 0 spiro atoms. The number of hydrogen-bond donors (Lipinski definition) is 1. The molecule has 1 aromatic rings. The summed E-state index contributed by atoms with van der Waals surface area (Å²) >= 11 is 0. The maximum atomic E-state index is 11.5. The molecule has 106 valence electrons. The fourth-order valence-corrected chi connectivity index (χ4v) is 1.75. The van der Waals surface area contributed by atoms with Gasteiger partial charge >= 0.3 is 0 Å². The van der Waals surface area contributed by atoms with Crippen molar-refractivity contribution in [3.05, 3.63) is 29.8 Å². The molecule has 0 fully saturated rings. The first kappa shape index (κ1) is 15.5. The standard InChI is InChI=1S/C16H25NO2/c1-4-5-6-11-17-16(18)12-19-15-9-7-14(8-10-15)13(2)3/h7-10,13H,4-6,11-12H2,1-3H3,(H,17,18). The van der Waals surface area contributed by atoms with Gasteiger partial charge in [0.2, 0.25) is 0 Å². The monoisotopic (exact) mass is 263 g/mol. The van der Waals surface area contributed by atoms with E-state index in [1.165, 1.54) is 5.56 Å². The molecule has 19 heavy (non-hydrogen) atoms. The summed E-state index contributed by atoms with van der Waals surface area (Å²) in [6, 6.07) is 7.91. The fourth-order valence-electron chi connectivity index (χ4n) is 1.75. The van der Waals surface area contributed by atoms with E-state index in [0.717, 1.165) is 31.6 Å². The highest BCUT2D eigenvalue weighted by atomic mass is 16.5. The van der Waals surface area contributed by atoms with Gasteiger partial charge in [0.25, 0.3) is 5.91 Å². The molecule has 0 saturated heterocycles. The number of ether oxygens (including phenoxy) is 1. The van der Waals surface area contributed by atoms with Gasteiger partial charge in [-0.1, -0.05) is 45.7 Å². The highest BCUT2D eigenvalue weighted by molar-refractivity contribution is 5.77. The van der Waals surface area contributed by atoms with Crippen molar-refractivity contribution in [2.24, 2.45) is 0 Å². The lowest BCUT2D eigenvalue weighted by molar-refractivity contribution is -0.123. The van der Waals surface area contributed by atoms with Crippen LogP contribution in [0.1, 0.15) is 51.5 Å². The van der Waals surface area contributed by atoms with Crippen LogP contribution in [-0.4, -0.2) is 19.1 Å². The van der Waals surface area contributed by atoms with Gasteiger partial charge in [0.15, 0.2) is 6.61 Å². The first-order chi connectivity index (χ1) is 9.13. The molecule has 0 aliphatic carbocycles. The number of unbranched alkanes of at least 4 members (excludes halogenated alkanes) is 2. The molecular formula is C16H25NO2. The van der Waals surface area contributed by atoms with Crippen LogP contribution in [0, 0.1) is 0 Å². The molecule has 0 aromatic heterocycles. The Balaban J connectivity index is 2.26. The number of nitrogens with one attached hydrogen (secondary N) is 1. The average molecular weight is 263 g/mol. The molecule has 1 rings (SSSR count). The van der Waals surface area contributed by atoms with Crippen molar-refractivity contribution in [3.8, 4) is 5.75 Å². The second-order valence-corrected chi connectivity index (χ2v) is 5.07. The molecule has 1 N–H and O–H groups in total. The number of benzene rings is 1. The normalized spacial score (nSPS) is 10.5.